The van der Waals surface area contributed by atoms with Crippen LogP contribution in [0.25, 0.3) is 0 Å². The van der Waals surface area contributed by atoms with Gasteiger partial charge in [0, 0.05) is 18.3 Å². The number of amides is 1. The average molecular weight is 354 g/mol. The van der Waals surface area contributed by atoms with Gasteiger partial charge in [-0.05, 0) is 30.7 Å². The third-order valence-corrected chi connectivity index (χ3v) is 3.37. The van der Waals surface area contributed by atoms with Gasteiger partial charge >= 0.3 is 6.18 Å². The summed E-state index contributed by atoms with van der Waals surface area (Å²) in [5.41, 5.74) is -0.363. The molecule has 0 bridgehead atoms. The predicted molar refractivity (Wildman–Crippen MR) is 83.9 cm³/mol. The molecule has 0 aliphatic carbocycles. The largest absolute Gasteiger partial charge is 0.439 e. The van der Waals surface area contributed by atoms with Crippen LogP contribution >= 0.6 is 0 Å². The molecule has 2 aromatic rings. The molecule has 5 nitrogen and oxygen atoms in total. The average Bonchev–Trinajstić information content (AvgIpc) is 2.59. The number of alkyl halides is 3. The number of benzene rings is 1. The number of aromatic nitrogens is 1. The minimum atomic E-state index is -4.48. The molecule has 1 aromatic heterocycles. The molecule has 0 spiro atoms. The Kier molecular flexibility index (Phi) is 5.97. The van der Waals surface area contributed by atoms with Crippen molar-refractivity contribution in [1.29, 1.82) is 0 Å². The molecule has 0 aliphatic rings. The zero-order valence-electron chi connectivity index (χ0n) is 13.4. The number of rotatable bonds is 6. The number of aliphatic hydroxyl groups is 1. The van der Waals surface area contributed by atoms with E-state index in [1.54, 1.807) is 19.1 Å². The van der Waals surface area contributed by atoms with E-state index >= 15 is 0 Å². The van der Waals surface area contributed by atoms with Gasteiger partial charge < -0.3 is 15.2 Å². The lowest BCUT2D eigenvalue weighted by atomic mass is 10.2. The van der Waals surface area contributed by atoms with Gasteiger partial charge in [-0.3, -0.25) is 4.79 Å². The number of aliphatic hydroxyl groups excluding tert-OH is 1. The molecule has 0 radical (unpaired) electrons. The van der Waals surface area contributed by atoms with Crippen molar-refractivity contribution in [3.63, 3.8) is 0 Å². The molecule has 1 amide bonds. The van der Waals surface area contributed by atoms with Crippen molar-refractivity contribution in [2.24, 2.45) is 0 Å². The molecule has 0 aliphatic heterocycles. The van der Waals surface area contributed by atoms with E-state index in [9.17, 15) is 23.1 Å². The summed E-state index contributed by atoms with van der Waals surface area (Å²) in [5, 5.41) is 12.0. The molecule has 0 fully saturated rings. The third-order valence-electron chi connectivity index (χ3n) is 3.37. The Morgan fingerprint density at radius 2 is 2.08 bits per heavy atom. The lowest BCUT2D eigenvalue weighted by Crippen LogP contribution is -2.33. The van der Waals surface area contributed by atoms with E-state index in [2.05, 4.69) is 10.3 Å². The summed E-state index contributed by atoms with van der Waals surface area (Å²) in [7, 11) is 0. The number of hydrogen-bond acceptors (Lipinski definition) is 4. The first-order valence-electron chi connectivity index (χ1n) is 7.56. The maximum Gasteiger partial charge on any atom is 0.416 e. The number of nitrogens with zero attached hydrogens (tertiary/aromatic N) is 1. The van der Waals surface area contributed by atoms with Crippen LogP contribution < -0.4 is 10.1 Å². The molecule has 0 saturated carbocycles. The standard InChI is InChI=1S/C17H17F3N2O3/c1-2-14(23)15(24)22-10-11-5-4-8-21-16(11)25-13-7-3-6-12(9-13)17(18,19)20/h3-9,14,23H,2,10H2,1H3,(H,22,24)/t14-/m1/s1. The number of ether oxygens (including phenoxy) is 1. The number of carbonyl (C=O) groups is 1. The van der Waals surface area contributed by atoms with Gasteiger partial charge in [-0.25, -0.2) is 4.98 Å². The van der Waals surface area contributed by atoms with Crippen molar-refractivity contribution >= 4 is 5.91 Å². The highest BCUT2D eigenvalue weighted by molar-refractivity contribution is 5.80. The molecule has 2 N–H and O–H groups in total. The Labute approximate surface area is 142 Å². The van der Waals surface area contributed by atoms with Gasteiger partial charge in [-0.1, -0.05) is 19.1 Å². The second kappa shape index (κ2) is 7.98. The van der Waals surface area contributed by atoms with Crippen LogP contribution in [0.3, 0.4) is 0 Å². The summed E-state index contributed by atoms with van der Waals surface area (Å²) in [4.78, 5) is 15.6. The predicted octanol–water partition coefficient (Wildman–Crippen LogP) is 3.28. The van der Waals surface area contributed by atoms with Crippen LogP contribution in [0.5, 0.6) is 11.6 Å². The molecule has 0 unspecified atom stereocenters. The maximum atomic E-state index is 12.8. The van der Waals surface area contributed by atoms with E-state index < -0.39 is 23.8 Å². The van der Waals surface area contributed by atoms with Crippen LogP contribution in [0.15, 0.2) is 42.6 Å². The van der Waals surface area contributed by atoms with Crippen LogP contribution in [0, 0.1) is 0 Å². The van der Waals surface area contributed by atoms with Crippen molar-refractivity contribution in [1.82, 2.24) is 10.3 Å². The van der Waals surface area contributed by atoms with Gasteiger partial charge in [0.25, 0.3) is 0 Å². The summed E-state index contributed by atoms with van der Waals surface area (Å²) in [5.74, 6) is -0.487. The van der Waals surface area contributed by atoms with E-state index in [0.717, 1.165) is 12.1 Å². The number of hydrogen-bond donors (Lipinski definition) is 2. The summed E-state index contributed by atoms with van der Waals surface area (Å²) in [6.07, 6.45) is -3.90. The highest BCUT2D eigenvalue weighted by Gasteiger charge is 2.30. The van der Waals surface area contributed by atoms with E-state index in [1.807, 2.05) is 0 Å². The molecule has 2 rings (SSSR count). The van der Waals surface area contributed by atoms with Gasteiger partial charge in [0.1, 0.15) is 11.9 Å². The van der Waals surface area contributed by atoms with Crippen LogP contribution in [-0.4, -0.2) is 22.1 Å². The first kappa shape index (κ1) is 18.7. The van der Waals surface area contributed by atoms with Crippen molar-refractivity contribution in [3.8, 4) is 11.6 Å². The molecule has 134 valence electrons. The second-order valence-corrected chi connectivity index (χ2v) is 5.24. The molecule has 1 atom stereocenters. The lowest BCUT2D eigenvalue weighted by Gasteiger charge is -2.13. The number of pyridine rings is 1. The highest BCUT2D eigenvalue weighted by atomic mass is 19.4. The van der Waals surface area contributed by atoms with Gasteiger partial charge in [0.15, 0.2) is 0 Å². The Hall–Kier alpha value is -2.61. The van der Waals surface area contributed by atoms with Crippen LogP contribution in [0.1, 0.15) is 24.5 Å². The number of halogens is 3. The zero-order chi connectivity index (χ0) is 18.4. The normalized spacial score (nSPS) is 12.5. The summed E-state index contributed by atoms with van der Waals surface area (Å²) >= 11 is 0. The smallest absolute Gasteiger partial charge is 0.416 e. The molecule has 0 saturated heterocycles. The highest BCUT2D eigenvalue weighted by Crippen LogP contribution is 2.32. The zero-order valence-corrected chi connectivity index (χ0v) is 13.4. The van der Waals surface area contributed by atoms with Crippen LogP contribution in [0.4, 0.5) is 13.2 Å². The van der Waals surface area contributed by atoms with Gasteiger partial charge in [0.05, 0.1) is 5.56 Å². The fourth-order valence-electron chi connectivity index (χ4n) is 1.98. The first-order chi connectivity index (χ1) is 11.8. The maximum absolute atomic E-state index is 12.8. The van der Waals surface area contributed by atoms with Gasteiger partial charge in [0.2, 0.25) is 11.8 Å². The van der Waals surface area contributed by atoms with Crippen LogP contribution in [-0.2, 0) is 17.5 Å². The van der Waals surface area contributed by atoms with Crippen molar-refractivity contribution in [2.75, 3.05) is 0 Å². The van der Waals surface area contributed by atoms with E-state index in [0.29, 0.717) is 5.56 Å². The summed E-state index contributed by atoms with van der Waals surface area (Å²) in [6, 6.07) is 7.66. The molecule has 1 heterocycles. The fraction of sp³-hybridized carbons (Fsp3) is 0.294. The minimum absolute atomic E-state index is 0.0188. The second-order valence-electron chi connectivity index (χ2n) is 5.24. The molecule has 1 aromatic carbocycles. The van der Waals surface area contributed by atoms with E-state index in [1.165, 1.54) is 18.3 Å². The van der Waals surface area contributed by atoms with E-state index in [4.69, 9.17) is 4.74 Å². The van der Waals surface area contributed by atoms with Crippen molar-refractivity contribution in [2.45, 2.75) is 32.2 Å². The quantitative estimate of drug-likeness (QED) is 0.835. The van der Waals surface area contributed by atoms with Gasteiger partial charge in [-0.15, -0.1) is 0 Å². The number of carbonyl (C=O) groups excluding carboxylic acids is 1. The molecule has 25 heavy (non-hydrogen) atoms. The Morgan fingerprint density at radius 1 is 1.32 bits per heavy atom. The third kappa shape index (κ3) is 5.18. The van der Waals surface area contributed by atoms with Crippen molar-refractivity contribution < 1.29 is 27.8 Å². The lowest BCUT2D eigenvalue weighted by molar-refractivity contribution is -0.137. The Balaban J connectivity index is 2.14. The molecular formula is C17H17F3N2O3. The Bertz CT molecular complexity index is 735. The summed E-state index contributed by atoms with van der Waals surface area (Å²) < 4.78 is 43.7. The van der Waals surface area contributed by atoms with E-state index in [-0.39, 0.29) is 24.6 Å². The molecular weight excluding hydrogens is 337 g/mol. The first-order valence-corrected chi connectivity index (χ1v) is 7.56. The van der Waals surface area contributed by atoms with Crippen LogP contribution in [0.2, 0.25) is 0 Å². The monoisotopic (exact) mass is 354 g/mol. The minimum Gasteiger partial charge on any atom is -0.439 e. The topological polar surface area (TPSA) is 71.5 Å². The van der Waals surface area contributed by atoms with Gasteiger partial charge in [-0.2, -0.15) is 13.2 Å². The molecule has 8 heteroatoms. The number of nitrogens with one attached hydrogen (secondary N) is 1. The fourth-order valence-corrected chi connectivity index (χ4v) is 1.98. The van der Waals surface area contributed by atoms with Crippen molar-refractivity contribution in [3.05, 3.63) is 53.7 Å². The Morgan fingerprint density at radius 3 is 2.76 bits per heavy atom. The summed E-state index contributed by atoms with van der Waals surface area (Å²) in [6.45, 7) is 1.69. The SMILES string of the molecule is CC[C@@H](O)C(=O)NCc1cccnc1Oc1cccc(C(F)(F)F)c1.